The molecule has 1 heterocycles. The highest BCUT2D eigenvalue weighted by molar-refractivity contribution is 5.97. The molecule has 0 saturated carbocycles. The third-order valence-corrected chi connectivity index (χ3v) is 2.47. The van der Waals surface area contributed by atoms with E-state index in [9.17, 15) is 9.18 Å². The normalized spacial score (nSPS) is 17.5. The lowest BCUT2D eigenvalue weighted by atomic mass is 10.1. The van der Waals surface area contributed by atoms with Gasteiger partial charge in [0.25, 0.3) is 0 Å². The number of aliphatic hydroxyl groups is 1. The smallest absolute Gasteiger partial charge is 0.176 e. The van der Waals surface area contributed by atoms with Crippen molar-refractivity contribution >= 4 is 5.78 Å². The van der Waals surface area contributed by atoms with E-state index in [1.807, 2.05) is 4.90 Å². The van der Waals surface area contributed by atoms with Crippen molar-refractivity contribution in [3.8, 4) is 0 Å². The van der Waals surface area contributed by atoms with Crippen LogP contribution in [0.15, 0.2) is 24.3 Å². The highest BCUT2D eigenvalue weighted by atomic mass is 19.1. The van der Waals surface area contributed by atoms with E-state index in [0.717, 1.165) is 0 Å². The fourth-order valence-electron chi connectivity index (χ4n) is 1.60. The van der Waals surface area contributed by atoms with Gasteiger partial charge in [-0.3, -0.25) is 9.69 Å². The van der Waals surface area contributed by atoms with Crippen molar-refractivity contribution in [2.45, 2.75) is 6.10 Å². The lowest BCUT2D eigenvalue weighted by Gasteiger charge is -2.35. The number of carbonyl (C=O) groups is 1. The van der Waals surface area contributed by atoms with E-state index >= 15 is 0 Å². The van der Waals surface area contributed by atoms with Crippen LogP contribution >= 0.6 is 0 Å². The van der Waals surface area contributed by atoms with Crippen molar-refractivity contribution in [2.75, 3.05) is 19.6 Å². The highest BCUT2D eigenvalue weighted by Gasteiger charge is 2.26. The van der Waals surface area contributed by atoms with Gasteiger partial charge in [0.05, 0.1) is 12.6 Å². The third-order valence-electron chi connectivity index (χ3n) is 2.47. The fraction of sp³-hybridized carbons (Fsp3) is 0.364. The Labute approximate surface area is 87.1 Å². The van der Waals surface area contributed by atoms with Crippen molar-refractivity contribution in [1.29, 1.82) is 0 Å². The summed E-state index contributed by atoms with van der Waals surface area (Å²) < 4.78 is 12.6. The Kier molecular flexibility index (Phi) is 2.79. The molecule has 0 unspecified atom stereocenters. The van der Waals surface area contributed by atoms with Crippen LogP contribution in [0.1, 0.15) is 10.4 Å². The molecule has 0 bridgehead atoms. The Morgan fingerprint density at radius 2 is 2.00 bits per heavy atom. The van der Waals surface area contributed by atoms with Gasteiger partial charge in [-0.2, -0.15) is 0 Å². The largest absolute Gasteiger partial charge is 0.390 e. The van der Waals surface area contributed by atoms with Crippen LogP contribution in [0.4, 0.5) is 4.39 Å². The number of hydrogen-bond acceptors (Lipinski definition) is 3. The molecule has 80 valence electrons. The molecule has 0 radical (unpaired) electrons. The molecule has 1 aliphatic heterocycles. The summed E-state index contributed by atoms with van der Waals surface area (Å²) in [5, 5.41) is 9.04. The van der Waals surface area contributed by atoms with Crippen LogP contribution in [0.25, 0.3) is 0 Å². The summed E-state index contributed by atoms with van der Waals surface area (Å²) >= 11 is 0. The Morgan fingerprint density at radius 3 is 2.53 bits per heavy atom. The Morgan fingerprint density at radius 1 is 1.40 bits per heavy atom. The number of carbonyl (C=O) groups excluding carboxylic acids is 1. The molecule has 4 heteroatoms. The van der Waals surface area contributed by atoms with Crippen LogP contribution in [0.2, 0.25) is 0 Å². The van der Waals surface area contributed by atoms with E-state index in [-0.39, 0.29) is 17.7 Å². The predicted octanol–water partition coefficient (Wildman–Crippen LogP) is 0.685. The van der Waals surface area contributed by atoms with Crippen LogP contribution in [-0.2, 0) is 0 Å². The zero-order valence-electron chi connectivity index (χ0n) is 8.19. The van der Waals surface area contributed by atoms with Crippen LogP contribution in [0.5, 0.6) is 0 Å². The molecule has 2 rings (SSSR count). The number of nitrogens with zero attached hydrogens (tertiary/aromatic N) is 1. The lowest BCUT2D eigenvalue weighted by Crippen LogP contribution is -2.52. The molecular formula is C11H12FNO2. The van der Waals surface area contributed by atoms with Crippen molar-refractivity contribution in [3.05, 3.63) is 35.6 Å². The molecule has 0 aliphatic carbocycles. The Hall–Kier alpha value is -1.26. The van der Waals surface area contributed by atoms with Gasteiger partial charge in [0.2, 0.25) is 0 Å². The number of β-amino-alcohol motifs (C(OH)–C–C–N with tert-alkyl or cyclic N) is 1. The van der Waals surface area contributed by atoms with E-state index in [0.29, 0.717) is 25.2 Å². The van der Waals surface area contributed by atoms with Crippen LogP contribution in [0, 0.1) is 5.82 Å². The summed E-state index contributed by atoms with van der Waals surface area (Å²) in [6.07, 6.45) is -0.300. The number of rotatable bonds is 3. The van der Waals surface area contributed by atoms with Gasteiger partial charge in [0.15, 0.2) is 5.78 Å². The van der Waals surface area contributed by atoms with Crippen LogP contribution in [0.3, 0.4) is 0 Å². The molecule has 0 aromatic heterocycles. The monoisotopic (exact) mass is 209 g/mol. The third kappa shape index (κ3) is 2.40. The molecule has 0 spiro atoms. The molecule has 0 amide bonds. The standard InChI is InChI=1S/C11H12FNO2/c12-9-3-1-8(2-4-9)11(15)7-13-5-10(14)6-13/h1-4,10,14H,5-7H2. The summed E-state index contributed by atoms with van der Waals surface area (Å²) in [5.41, 5.74) is 0.512. The number of benzene rings is 1. The maximum Gasteiger partial charge on any atom is 0.176 e. The summed E-state index contributed by atoms with van der Waals surface area (Å²) in [6.45, 7) is 1.39. The number of hydrogen-bond donors (Lipinski definition) is 1. The number of aliphatic hydroxyl groups excluding tert-OH is 1. The second-order valence-electron chi connectivity index (χ2n) is 3.78. The molecule has 15 heavy (non-hydrogen) atoms. The van der Waals surface area contributed by atoms with Gasteiger partial charge in [-0.25, -0.2) is 4.39 Å². The van der Waals surface area contributed by atoms with Gasteiger partial charge in [0, 0.05) is 18.7 Å². The zero-order chi connectivity index (χ0) is 10.8. The highest BCUT2D eigenvalue weighted by Crippen LogP contribution is 2.10. The van der Waals surface area contributed by atoms with Gasteiger partial charge in [0.1, 0.15) is 5.82 Å². The summed E-state index contributed by atoms with van der Waals surface area (Å²) in [6, 6.07) is 5.51. The van der Waals surface area contributed by atoms with E-state index in [1.165, 1.54) is 24.3 Å². The van der Waals surface area contributed by atoms with Crippen molar-refractivity contribution in [1.82, 2.24) is 4.90 Å². The quantitative estimate of drug-likeness (QED) is 0.744. The van der Waals surface area contributed by atoms with Gasteiger partial charge in [-0.05, 0) is 24.3 Å². The van der Waals surface area contributed by atoms with Crippen LogP contribution in [-0.4, -0.2) is 41.5 Å². The minimum Gasteiger partial charge on any atom is -0.390 e. The first-order chi connectivity index (χ1) is 7.15. The van der Waals surface area contributed by atoms with Crippen molar-refractivity contribution < 1.29 is 14.3 Å². The number of likely N-dealkylation sites (tertiary alicyclic amines) is 1. The van der Waals surface area contributed by atoms with Crippen molar-refractivity contribution in [3.63, 3.8) is 0 Å². The van der Waals surface area contributed by atoms with E-state index < -0.39 is 0 Å². The summed E-state index contributed by atoms with van der Waals surface area (Å²) in [4.78, 5) is 13.5. The summed E-state index contributed by atoms with van der Waals surface area (Å²) in [7, 11) is 0. The Bertz CT molecular complexity index is 357. The number of ketones is 1. The molecule has 3 nitrogen and oxygen atoms in total. The van der Waals surface area contributed by atoms with Crippen molar-refractivity contribution in [2.24, 2.45) is 0 Å². The molecule has 1 aromatic carbocycles. The first kappa shape index (κ1) is 10.3. The van der Waals surface area contributed by atoms with E-state index in [1.54, 1.807) is 0 Å². The minimum absolute atomic E-state index is 0.0399. The molecule has 0 atom stereocenters. The number of halogens is 1. The fourth-order valence-corrected chi connectivity index (χ4v) is 1.60. The van der Waals surface area contributed by atoms with Gasteiger partial charge >= 0.3 is 0 Å². The Balaban J connectivity index is 1.93. The van der Waals surface area contributed by atoms with Gasteiger partial charge in [-0.1, -0.05) is 0 Å². The average molecular weight is 209 g/mol. The van der Waals surface area contributed by atoms with Crippen LogP contribution < -0.4 is 0 Å². The molecule has 1 fully saturated rings. The molecule has 1 saturated heterocycles. The lowest BCUT2D eigenvalue weighted by molar-refractivity contribution is 0.00515. The SMILES string of the molecule is O=C(CN1CC(O)C1)c1ccc(F)cc1. The van der Waals surface area contributed by atoms with E-state index in [4.69, 9.17) is 5.11 Å². The van der Waals surface area contributed by atoms with E-state index in [2.05, 4.69) is 0 Å². The second-order valence-corrected chi connectivity index (χ2v) is 3.78. The van der Waals surface area contributed by atoms with Gasteiger partial charge in [-0.15, -0.1) is 0 Å². The first-order valence-corrected chi connectivity index (χ1v) is 4.84. The molecular weight excluding hydrogens is 197 g/mol. The maximum absolute atomic E-state index is 12.6. The average Bonchev–Trinajstić information content (AvgIpc) is 2.16. The molecule has 1 aliphatic rings. The first-order valence-electron chi connectivity index (χ1n) is 4.84. The molecule has 1 N–H and O–H groups in total. The topological polar surface area (TPSA) is 40.5 Å². The number of Topliss-reactive ketones (excluding diaryl/α,β-unsaturated/α-hetero) is 1. The summed E-state index contributed by atoms with van der Waals surface area (Å²) in [5.74, 6) is -0.382. The molecule has 1 aromatic rings. The van der Waals surface area contributed by atoms with Gasteiger partial charge < -0.3 is 5.11 Å². The minimum atomic E-state index is -0.342. The maximum atomic E-state index is 12.6. The second kappa shape index (κ2) is 4.08. The zero-order valence-corrected chi connectivity index (χ0v) is 8.19. The predicted molar refractivity (Wildman–Crippen MR) is 53.2 cm³/mol.